The number of nitrogens with two attached hydrogens (primary N) is 4. The van der Waals surface area contributed by atoms with Crippen molar-refractivity contribution in [2.75, 3.05) is 13.1 Å². The van der Waals surface area contributed by atoms with Crippen molar-refractivity contribution in [3.8, 4) is 11.1 Å². The monoisotopic (exact) mass is 465 g/mol. The predicted molar refractivity (Wildman–Crippen MR) is 118 cm³/mol. The number of sulfonamides is 1. The molecule has 3 rings (SSSR count). The van der Waals surface area contributed by atoms with Crippen LogP contribution in [0.15, 0.2) is 57.7 Å². The van der Waals surface area contributed by atoms with E-state index in [1.165, 1.54) is 12.1 Å². The smallest absolute Gasteiger partial charge is 0.241 e. The van der Waals surface area contributed by atoms with Crippen LogP contribution in [-0.2, 0) is 21.0 Å². The van der Waals surface area contributed by atoms with E-state index in [9.17, 15) is 12.6 Å². The fourth-order valence-electron chi connectivity index (χ4n) is 3.12. The normalized spacial score (nSPS) is 13.5. The zero-order valence-electron chi connectivity index (χ0n) is 16.4. The van der Waals surface area contributed by atoms with Gasteiger partial charge in [0.25, 0.3) is 0 Å². The Morgan fingerprint density at radius 1 is 1.23 bits per heavy atom. The Hall–Kier alpha value is -2.88. The average Bonchev–Trinajstić information content (AvgIpc) is 3.22. The molecule has 0 aliphatic rings. The summed E-state index contributed by atoms with van der Waals surface area (Å²) in [6, 6.07) is 6.40. The molecule has 14 heteroatoms. The summed E-state index contributed by atoms with van der Waals surface area (Å²) >= 11 is 0. The zero-order chi connectivity index (χ0) is 22.6. The molecular weight excluding hydrogens is 442 g/mol. The van der Waals surface area contributed by atoms with Crippen LogP contribution in [0.1, 0.15) is 12.0 Å². The highest BCUT2D eigenvalue weighted by atomic mass is 32.2. The van der Waals surface area contributed by atoms with Crippen molar-refractivity contribution in [2.45, 2.75) is 16.2 Å². The second kappa shape index (κ2) is 9.51. The van der Waals surface area contributed by atoms with Crippen molar-refractivity contribution >= 4 is 32.5 Å². The fraction of sp³-hybridized carbons (Fsp3) is 0.176. The molecule has 2 heterocycles. The van der Waals surface area contributed by atoms with Crippen molar-refractivity contribution in [3.05, 3.63) is 48.4 Å². The van der Waals surface area contributed by atoms with Gasteiger partial charge in [-0.25, -0.2) is 38.8 Å². The first-order valence-corrected chi connectivity index (χ1v) is 11.8. The molecule has 0 aliphatic heterocycles. The number of benzene rings is 1. The van der Waals surface area contributed by atoms with E-state index in [0.29, 0.717) is 29.7 Å². The molecule has 0 spiro atoms. The largest absolute Gasteiger partial charge is 0.382 e. The van der Waals surface area contributed by atoms with Crippen LogP contribution in [0.5, 0.6) is 0 Å². The zero-order valence-corrected chi connectivity index (χ0v) is 18.0. The summed E-state index contributed by atoms with van der Waals surface area (Å²) in [5.74, 6) is 5.08. The number of amidine groups is 1. The van der Waals surface area contributed by atoms with E-state index in [4.69, 9.17) is 22.4 Å². The standard InChI is InChI=1S/C17H23N9O3S2/c18-6-2-7-23-31(28,29)13-5-4-11(12-3-1-9-26-10-8-22-17(12)26)14(15(13)30(21)27)16(19)24-25-20/h1,3-5,8-10,23,25H,2,6-7,18,20-21H2,(H2,19,24). The lowest BCUT2D eigenvalue weighted by atomic mass is 9.99. The lowest BCUT2D eigenvalue weighted by Gasteiger charge is -2.18. The third-order valence-corrected chi connectivity index (χ3v) is 6.89. The molecule has 0 radical (unpaired) electrons. The number of pyridine rings is 1. The summed E-state index contributed by atoms with van der Waals surface area (Å²) in [6.45, 7) is 0.409. The van der Waals surface area contributed by atoms with E-state index in [1.54, 1.807) is 35.1 Å². The Balaban J connectivity index is 2.34. The second-order valence-corrected chi connectivity index (χ2v) is 9.10. The molecule has 1 aromatic carbocycles. The Bertz CT molecular complexity index is 1250. The maximum absolute atomic E-state index is 12.9. The molecule has 1 unspecified atom stereocenters. The van der Waals surface area contributed by atoms with Crippen molar-refractivity contribution in [1.29, 1.82) is 0 Å². The second-order valence-electron chi connectivity index (χ2n) is 6.36. The molecule has 0 saturated heterocycles. The minimum Gasteiger partial charge on any atom is -0.382 e. The predicted octanol–water partition coefficient (Wildman–Crippen LogP) is -1.31. The molecule has 3 aromatic rings. The first-order chi connectivity index (χ1) is 14.8. The third-order valence-electron chi connectivity index (χ3n) is 4.44. The van der Waals surface area contributed by atoms with Gasteiger partial charge in [-0.05, 0) is 36.7 Å². The maximum Gasteiger partial charge on any atom is 0.241 e. The third kappa shape index (κ3) is 4.58. The molecule has 0 bridgehead atoms. The number of imidazole rings is 1. The van der Waals surface area contributed by atoms with Gasteiger partial charge in [0.2, 0.25) is 10.0 Å². The van der Waals surface area contributed by atoms with Crippen LogP contribution >= 0.6 is 0 Å². The van der Waals surface area contributed by atoms with Crippen molar-refractivity contribution in [2.24, 2.45) is 27.6 Å². The number of hydrazine groups is 1. The molecule has 12 nitrogen and oxygen atoms in total. The summed E-state index contributed by atoms with van der Waals surface area (Å²) in [6.07, 6.45) is 5.58. The van der Waals surface area contributed by atoms with Gasteiger partial charge < -0.3 is 15.9 Å². The van der Waals surface area contributed by atoms with Crippen molar-refractivity contribution in [1.82, 2.24) is 19.6 Å². The average molecular weight is 466 g/mol. The summed E-state index contributed by atoms with van der Waals surface area (Å²) in [4.78, 5) is 3.84. The number of rotatable bonds is 9. The number of nitrogens with one attached hydrogen (secondary N) is 2. The van der Waals surface area contributed by atoms with Gasteiger partial charge in [0, 0.05) is 36.3 Å². The maximum atomic E-state index is 12.9. The quantitative estimate of drug-likeness (QED) is 0.0733. The number of nitrogens with zero attached hydrogens (tertiary/aromatic N) is 3. The van der Waals surface area contributed by atoms with E-state index < -0.39 is 21.0 Å². The van der Waals surface area contributed by atoms with Crippen LogP contribution in [0.25, 0.3) is 16.8 Å². The van der Waals surface area contributed by atoms with Gasteiger partial charge in [0.15, 0.2) is 5.84 Å². The van der Waals surface area contributed by atoms with E-state index in [1.807, 2.05) is 0 Å². The minimum atomic E-state index is -4.07. The van der Waals surface area contributed by atoms with Gasteiger partial charge in [-0.1, -0.05) is 6.07 Å². The molecule has 0 fully saturated rings. The van der Waals surface area contributed by atoms with Crippen molar-refractivity contribution in [3.63, 3.8) is 0 Å². The van der Waals surface area contributed by atoms with E-state index in [2.05, 4.69) is 20.3 Å². The summed E-state index contributed by atoms with van der Waals surface area (Å²) in [7, 11) is -6.31. The lowest BCUT2D eigenvalue weighted by molar-refractivity contribution is 0.576. The van der Waals surface area contributed by atoms with Crippen LogP contribution in [0.2, 0.25) is 0 Å². The number of fused-ring (bicyclic) bond motifs is 1. The fourth-order valence-corrected chi connectivity index (χ4v) is 5.54. The summed E-state index contributed by atoms with van der Waals surface area (Å²) in [5.41, 5.74) is 15.3. The van der Waals surface area contributed by atoms with E-state index in [0.717, 1.165) is 0 Å². The molecule has 1 atom stereocenters. The van der Waals surface area contributed by atoms with Crippen molar-refractivity contribution < 1.29 is 12.6 Å². The van der Waals surface area contributed by atoms with Crippen LogP contribution in [0, 0.1) is 0 Å². The van der Waals surface area contributed by atoms with E-state index in [-0.39, 0.29) is 27.7 Å². The number of aromatic nitrogens is 2. The molecular formula is C17H23N9O3S2. The molecule has 0 amide bonds. The lowest BCUT2D eigenvalue weighted by Crippen LogP contribution is -2.30. The van der Waals surface area contributed by atoms with Gasteiger partial charge in [-0.2, -0.15) is 0 Å². The highest BCUT2D eigenvalue weighted by Crippen LogP contribution is 2.33. The topological polar surface area (TPSA) is 209 Å². The first kappa shape index (κ1) is 22.8. The molecule has 0 saturated carbocycles. The Morgan fingerprint density at radius 2 is 2.00 bits per heavy atom. The van der Waals surface area contributed by atoms with Gasteiger partial charge in [-0.15, -0.1) is 5.10 Å². The Kier molecular flexibility index (Phi) is 6.99. The van der Waals surface area contributed by atoms with Gasteiger partial charge >= 0.3 is 0 Å². The van der Waals surface area contributed by atoms with Crippen LogP contribution < -0.4 is 32.7 Å². The van der Waals surface area contributed by atoms with Crippen LogP contribution in [0.4, 0.5) is 0 Å². The van der Waals surface area contributed by atoms with E-state index >= 15 is 0 Å². The van der Waals surface area contributed by atoms with Crippen LogP contribution in [-0.4, -0.2) is 40.9 Å². The van der Waals surface area contributed by atoms with Crippen LogP contribution in [0.3, 0.4) is 0 Å². The number of hydrogen-bond acceptors (Lipinski definition) is 8. The number of hydrazone groups is 1. The summed E-state index contributed by atoms with van der Waals surface area (Å²) < 4.78 is 42.6. The minimum absolute atomic E-state index is 0.0663. The molecule has 0 aliphatic carbocycles. The van der Waals surface area contributed by atoms with Gasteiger partial charge in [0.1, 0.15) is 21.5 Å². The molecule has 31 heavy (non-hydrogen) atoms. The number of hydrogen-bond donors (Lipinski definition) is 6. The first-order valence-electron chi connectivity index (χ1n) is 9.06. The highest BCUT2D eigenvalue weighted by molar-refractivity contribution is 7.90. The highest BCUT2D eigenvalue weighted by Gasteiger charge is 2.28. The van der Waals surface area contributed by atoms with Gasteiger partial charge in [-0.3, -0.25) is 0 Å². The van der Waals surface area contributed by atoms with Gasteiger partial charge in [0.05, 0.1) is 4.90 Å². The molecule has 2 aromatic heterocycles. The Morgan fingerprint density at radius 3 is 2.68 bits per heavy atom. The summed E-state index contributed by atoms with van der Waals surface area (Å²) in [5, 5.41) is 9.48. The SMILES string of the molecule is NCCCNS(=O)(=O)c1ccc(-c2cccn3ccnc23)c(/C(N)=N/NN)c1S(N)=O. The molecule has 166 valence electrons. The molecule has 10 N–H and O–H groups in total. The Labute approximate surface area is 181 Å².